The Morgan fingerprint density at radius 2 is 2.32 bits per heavy atom. The van der Waals surface area contributed by atoms with Crippen molar-refractivity contribution in [2.75, 3.05) is 18.4 Å². The zero-order chi connectivity index (χ0) is 14.0. The van der Waals surface area contributed by atoms with Gasteiger partial charge in [0, 0.05) is 13.1 Å². The van der Waals surface area contributed by atoms with Gasteiger partial charge in [0.1, 0.15) is 0 Å². The van der Waals surface area contributed by atoms with Crippen LogP contribution in [0.5, 0.6) is 0 Å². The topological polar surface area (TPSA) is 70.2 Å². The Labute approximate surface area is 109 Å². The summed E-state index contributed by atoms with van der Waals surface area (Å²) >= 11 is 0. The summed E-state index contributed by atoms with van der Waals surface area (Å²) in [7, 11) is 0. The van der Waals surface area contributed by atoms with Crippen molar-refractivity contribution in [1.82, 2.24) is 15.1 Å². The second-order valence-electron chi connectivity index (χ2n) is 4.49. The molecular weight excluding hydrogens is 258 g/mol. The van der Waals surface area contributed by atoms with Crippen molar-refractivity contribution in [2.24, 2.45) is 0 Å². The fourth-order valence-corrected chi connectivity index (χ4v) is 2.09. The lowest BCUT2D eigenvalue weighted by atomic mass is 10.3. The van der Waals surface area contributed by atoms with E-state index in [9.17, 15) is 13.6 Å². The Morgan fingerprint density at radius 3 is 2.89 bits per heavy atom. The minimum absolute atomic E-state index is 0.173. The highest BCUT2D eigenvalue weighted by molar-refractivity contribution is 5.90. The molecule has 1 aliphatic heterocycles. The van der Waals surface area contributed by atoms with Gasteiger partial charge in [-0.25, -0.2) is 4.79 Å². The van der Waals surface area contributed by atoms with Gasteiger partial charge in [0.05, 0.1) is 23.2 Å². The Morgan fingerprint density at radius 1 is 1.58 bits per heavy atom. The monoisotopic (exact) mass is 274 g/mol. The van der Waals surface area contributed by atoms with Gasteiger partial charge in [0.15, 0.2) is 0 Å². The molecule has 6 nitrogen and oxygen atoms in total. The van der Waals surface area contributed by atoms with E-state index in [0.29, 0.717) is 24.3 Å². The first kappa shape index (κ1) is 13.7. The SMILES string of the molecule is Cc1n[nH]c(C)c1NC(=O)N1CC[C@H](OC(F)F)C1. The minimum atomic E-state index is -2.80. The minimum Gasteiger partial charge on any atom is -0.322 e. The number of halogens is 2. The molecule has 0 saturated carbocycles. The van der Waals surface area contributed by atoms with E-state index in [-0.39, 0.29) is 12.6 Å². The molecular formula is C11H16F2N4O2. The van der Waals surface area contributed by atoms with E-state index in [1.807, 2.05) is 0 Å². The molecule has 2 amide bonds. The molecule has 1 fully saturated rings. The molecule has 0 aliphatic carbocycles. The highest BCUT2D eigenvalue weighted by Crippen LogP contribution is 2.20. The molecule has 106 valence electrons. The quantitative estimate of drug-likeness (QED) is 0.884. The summed E-state index contributed by atoms with van der Waals surface area (Å²) < 4.78 is 28.5. The van der Waals surface area contributed by atoms with Gasteiger partial charge in [0.2, 0.25) is 0 Å². The van der Waals surface area contributed by atoms with Crippen molar-refractivity contribution < 1.29 is 18.3 Å². The van der Waals surface area contributed by atoms with Crippen molar-refractivity contribution in [3.05, 3.63) is 11.4 Å². The number of alkyl halides is 2. The number of aromatic nitrogens is 2. The number of carbonyl (C=O) groups excluding carboxylic acids is 1. The fraction of sp³-hybridized carbons (Fsp3) is 0.636. The third kappa shape index (κ3) is 3.19. The normalized spacial score (nSPS) is 19.2. The van der Waals surface area contributed by atoms with Crippen LogP contribution in [-0.4, -0.2) is 46.9 Å². The third-order valence-electron chi connectivity index (χ3n) is 3.09. The summed E-state index contributed by atoms with van der Waals surface area (Å²) in [5, 5.41) is 9.45. The van der Waals surface area contributed by atoms with Gasteiger partial charge in [-0.3, -0.25) is 5.10 Å². The van der Waals surface area contributed by atoms with Crippen molar-refractivity contribution in [2.45, 2.75) is 33.0 Å². The number of aromatic amines is 1. The van der Waals surface area contributed by atoms with Crippen molar-refractivity contribution in [3.63, 3.8) is 0 Å². The Hall–Kier alpha value is -1.70. The van der Waals surface area contributed by atoms with E-state index in [1.54, 1.807) is 13.8 Å². The van der Waals surface area contributed by atoms with E-state index in [0.717, 1.165) is 5.69 Å². The summed E-state index contributed by atoms with van der Waals surface area (Å²) in [5.74, 6) is 0. The van der Waals surface area contributed by atoms with E-state index in [2.05, 4.69) is 20.3 Å². The fourth-order valence-electron chi connectivity index (χ4n) is 2.09. The number of hydrogen-bond acceptors (Lipinski definition) is 3. The molecule has 1 atom stereocenters. The standard InChI is InChI=1S/C11H16F2N4O2/c1-6-9(7(2)16-15-6)14-11(18)17-4-3-8(5-17)19-10(12)13/h8,10H,3-5H2,1-2H3,(H,14,18)(H,15,16)/t8-/m0/s1. The molecule has 1 aromatic heterocycles. The Bertz CT molecular complexity index is 444. The number of ether oxygens (including phenoxy) is 1. The molecule has 1 aromatic rings. The number of anilines is 1. The number of rotatable bonds is 3. The average molecular weight is 274 g/mol. The van der Waals surface area contributed by atoms with E-state index in [4.69, 9.17) is 0 Å². The van der Waals surface area contributed by atoms with Crippen LogP contribution in [0.2, 0.25) is 0 Å². The van der Waals surface area contributed by atoms with E-state index < -0.39 is 12.7 Å². The largest absolute Gasteiger partial charge is 0.345 e. The summed E-state index contributed by atoms with van der Waals surface area (Å²) in [6.07, 6.45) is -0.182. The molecule has 19 heavy (non-hydrogen) atoms. The molecule has 0 spiro atoms. The lowest BCUT2D eigenvalue weighted by Crippen LogP contribution is -2.34. The van der Waals surface area contributed by atoms with Gasteiger partial charge in [-0.2, -0.15) is 13.9 Å². The highest BCUT2D eigenvalue weighted by Gasteiger charge is 2.29. The lowest BCUT2D eigenvalue weighted by molar-refractivity contribution is -0.158. The van der Waals surface area contributed by atoms with E-state index in [1.165, 1.54) is 4.90 Å². The Balaban J connectivity index is 1.91. The van der Waals surface area contributed by atoms with Crippen molar-refractivity contribution in [3.8, 4) is 0 Å². The maximum Gasteiger partial charge on any atom is 0.345 e. The predicted octanol–water partition coefficient (Wildman–Crippen LogP) is 1.87. The molecule has 2 N–H and O–H groups in total. The number of carbonyl (C=O) groups is 1. The molecule has 2 rings (SSSR count). The summed E-state index contributed by atoms with van der Waals surface area (Å²) in [6, 6.07) is -0.326. The number of nitrogens with one attached hydrogen (secondary N) is 2. The predicted molar refractivity (Wildman–Crippen MR) is 64.1 cm³/mol. The van der Waals surface area contributed by atoms with Crippen LogP contribution in [-0.2, 0) is 4.74 Å². The first-order valence-corrected chi connectivity index (χ1v) is 5.98. The van der Waals surface area contributed by atoms with Crippen LogP contribution < -0.4 is 5.32 Å². The van der Waals surface area contributed by atoms with Gasteiger partial charge < -0.3 is 15.0 Å². The van der Waals surface area contributed by atoms with Crippen LogP contribution in [0.3, 0.4) is 0 Å². The van der Waals surface area contributed by atoms with Gasteiger partial charge in [-0.15, -0.1) is 0 Å². The second-order valence-corrected chi connectivity index (χ2v) is 4.49. The summed E-state index contributed by atoms with van der Waals surface area (Å²) in [4.78, 5) is 13.4. The average Bonchev–Trinajstić information content (AvgIpc) is 2.90. The maximum absolute atomic E-state index is 12.1. The van der Waals surface area contributed by atoms with Gasteiger partial charge >= 0.3 is 12.6 Å². The molecule has 0 unspecified atom stereocenters. The number of hydrogen-bond donors (Lipinski definition) is 2. The van der Waals surface area contributed by atoms with Gasteiger partial charge in [0.25, 0.3) is 0 Å². The summed E-state index contributed by atoms with van der Waals surface area (Å²) in [6.45, 7) is 1.34. The molecule has 1 aliphatic rings. The molecule has 0 bridgehead atoms. The molecule has 2 heterocycles. The van der Waals surface area contributed by atoms with Crippen LogP contribution >= 0.6 is 0 Å². The van der Waals surface area contributed by atoms with Crippen LogP contribution in [0.15, 0.2) is 0 Å². The molecule has 0 aromatic carbocycles. The number of urea groups is 1. The smallest absolute Gasteiger partial charge is 0.322 e. The molecule has 0 radical (unpaired) electrons. The van der Waals surface area contributed by atoms with Gasteiger partial charge in [-0.1, -0.05) is 0 Å². The maximum atomic E-state index is 12.1. The molecule has 8 heteroatoms. The second kappa shape index (κ2) is 5.52. The highest BCUT2D eigenvalue weighted by atomic mass is 19.3. The number of amides is 2. The van der Waals surface area contributed by atoms with Crippen molar-refractivity contribution in [1.29, 1.82) is 0 Å². The van der Waals surface area contributed by atoms with Crippen LogP contribution in [0.4, 0.5) is 19.3 Å². The van der Waals surface area contributed by atoms with Crippen LogP contribution in [0, 0.1) is 13.8 Å². The van der Waals surface area contributed by atoms with Gasteiger partial charge in [-0.05, 0) is 20.3 Å². The lowest BCUT2D eigenvalue weighted by Gasteiger charge is -2.17. The number of nitrogens with zero attached hydrogens (tertiary/aromatic N) is 2. The number of aryl methyl sites for hydroxylation is 2. The first-order valence-electron chi connectivity index (χ1n) is 5.98. The number of H-pyrrole nitrogens is 1. The zero-order valence-corrected chi connectivity index (χ0v) is 10.7. The van der Waals surface area contributed by atoms with Crippen LogP contribution in [0.25, 0.3) is 0 Å². The van der Waals surface area contributed by atoms with Crippen molar-refractivity contribution >= 4 is 11.7 Å². The van der Waals surface area contributed by atoms with E-state index >= 15 is 0 Å². The molecule has 1 saturated heterocycles. The Kier molecular flexibility index (Phi) is 3.98. The number of likely N-dealkylation sites (tertiary alicyclic amines) is 1. The zero-order valence-electron chi connectivity index (χ0n) is 10.7. The summed E-state index contributed by atoms with van der Waals surface area (Å²) in [5.41, 5.74) is 2.07. The first-order chi connectivity index (χ1) is 8.97. The third-order valence-corrected chi connectivity index (χ3v) is 3.09. The van der Waals surface area contributed by atoms with Crippen LogP contribution in [0.1, 0.15) is 17.8 Å².